The zero-order chi connectivity index (χ0) is 13.0. The largest absolute Gasteiger partial charge is 0.352 e. The van der Waals surface area contributed by atoms with Crippen LogP contribution in [-0.2, 0) is 4.79 Å². The maximum absolute atomic E-state index is 12.2. The van der Waals surface area contributed by atoms with E-state index in [2.05, 4.69) is 12.2 Å². The lowest BCUT2D eigenvalue weighted by Gasteiger charge is -2.39. The van der Waals surface area contributed by atoms with Crippen LogP contribution in [0.2, 0.25) is 0 Å². The Morgan fingerprint density at radius 2 is 1.94 bits per heavy atom. The molecule has 0 bridgehead atoms. The molecule has 2 fully saturated rings. The molecule has 0 radical (unpaired) electrons. The molecule has 18 heavy (non-hydrogen) atoms. The van der Waals surface area contributed by atoms with Crippen LogP contribution in [0, 0.1) is 17.8 Å². The Bertz CT molecular complexity index is 278. The number of carbonyl (C=O) groups excluding carboxylic acids is 1. The van der Waals surface area contributed by atoms with Gasteiger partial charge in [0.1, 0.15) is 0 Å². The van der Waals surface area contributed by atoms with Crippen LogP contribution in [0.25, 0.3) is 0 Å². The molecular weight excluding hydrogens is 246 g/mol. The number of alkyl halides is 1. The molecule has 2 aliphatic rings. The normalized spacial score (nSPS) is 33.6. The molecule has 0 spiro atoms. The van der Waals surface area contributed by atoms with Gasteiger partial charge in [0, 0.05) is 17.8 Å². The summed E-state index contributed by atoms with van der Waals surface area (Å²) in [7, 11) is 0. The Morgan fingerprint density at radius 3 is 2.61 bits per heavy atom. The van der Waals surface area contributed by atoms with Gasteiger partial charge in [0.2, 0.25) is 5.91 Å². The van der Waals surface area contributed by atoms with Gasteiger partial charge in [-0.3, -0.25) is 4.79 Å². The number of nitrogens with one attached hydrogen (secondary N) is 1. The lowest BCUT2D eigenvalue weighted by atomic mass is 9.67. The molecule has 104 valence electrons. The van der Waals surface area contributed by atoms with E-state index >= 15 is 0 Å². The van der Waals surface area contributed by atoms with Crippen molar-refractivity contribution >= 4 is 17.5 Å². The maximum Gasteiger partial charge on any atom is 0.223 e. The molecule has 2 nitrogen and oxygen atoms in total. The maximum atomic E-state index is 12.2. The van der Waals surface area contributed by atoms with Gasteiger partial charge in [-0.25, -0.2) is 0 Å². The molecule has 2 rings (SSSR count). The minimum Gasteiger partial charge on any atom is -0.352 e. The second-order valence-electron chi connectivity index (χ2n) is 6.08. The minimum absolute atomic E-state index is 0.156. The average molecular weight is 272 g/mol. The van der Waals surface area contributed by atoms with Crippen molar-refractivity contribution in [1.29, 1.82) is 0 Å². The number of fused-ring (bicyclic) bond motifs is 1. The fraction of sp³-hybridized carbons (Fsp3) is 0.933. The van der Waals surface area contributed by atoms with Gasteiger partial charge in [-0.1, -0.05) is 32.6 Å². The Labute approximate surface area is 116 Å². The van der Waals surface area contributed by atoms with Crippen molar-refractivity contribution in [2.75, 3.05) is 5.88 Å². The van der Waals surface area contributed by atoms with Gasteiger partial charge in [0.05, 0.1) is 0 Å². The highest BCUT2D eigenvalue weighted by atomic mass is 35.5. The van der Waals surface area contributed by atoms with Crippen LogP contribution in [0.3, 0.4) is 0 Å². The zero-order valence-electron chi connectivity index (χ0n) is 11.5. The third-order valence-electron chi connectivity index (χ3n) is 4.94. The molecule has 4 unspecified atom stereocenters. The van der Waals surface area contributed by atoms with Gasteiger partial charge in [0.25, 0.3) is 0 Å². The van der Waals surface area contributed by atoms with E-state index in [1.807, 2.05) is 0 Å². The van der Waals surface area contributed by atoms with Crippen LogP contribution in [0.1, 0.15) is 58.3 Å². The highest BCUT2D eigenvalue weighted by Crippen LogP contribution is 2.42. The van der Waals surface area contributed by atoms with Crippen LogP contribution in [0.15, 0.2) is 0 Å². The predicted octanol–water partition coefficient (Wildman–Crippen LogP) is 3.73. The second kappa shape index (κ2) is 6.79. The van der Waals surface area contributed by atoms with Crippen molar-refractivity contribution in [3.05, 3.63) is 0 Å². The van der Waals surface area contributed by atoms with E-state index in [4.69, 9.17) is 11.6 Å². The van der Waals surface area contributed by atoms with Gasteiger partial charge < -0.3 is 5.32 Å². The molecule has 3 heteroatoms. The van der Waals surface area contributed by atoms with Crippen molar-refractivity contribution in [3.8, 4) is 0 Å². The first-order valence-corrected chi connectivity index (χ1v) is 8.14. The number of hydrogen-bond acceptors (Lipinski definition) is 1. The highest BCUT2D eigenvalue weighted by Gasteiger charge is 2.35. The molecular formula is C15H26ClNO. The molecule has 0 heterocycles. The summed E-state index contributed by atoms with van der Waals surface area (Å²) in [5, 5.41) is 3.11. The lowest BCUT2D eigenvalue weighted by molar-refractivity contribution is -0.127. The Balaban J connectivity index is 1.84. The SMILES string of the molecule is CCC(CCl)NC(=O)C1CCC2CCCCC2C1. The van der Waals surface area contributed by atoms with Crippen molar-refractivity contribution < 1.29 is 4.79 Å². The van der Waals surface area contributed by atoms with E-state index in [9.17, 15) is 4.79 Å². The molecule has 0 aromatic heterocycles. The topological polar surface area (TPSA) is 29.1 Å². The molecule has 0 saturated heterocycles. The molecule has 0 aromatic carbocycles. The Kier molecular flexibility index (Phi) is 5.35. The number of halogens is 1. The van der Waals surface area contributed by atoms with Crippen molar-refractivity contribution in [1.82, 2.24) is 5.32 Å². The Morgan fingerprint density at radius 1 is 1.22 bits per heavy atom. The van der Waals surface area contributed by atoms with E-state index in [1.165, 1.54) is 32.1 Å². The Hall–Kier alpha value is -0.240. The summed E-state index contributed by atoms with van der Waals surface area (Å²) in [5.41, 5.74) is 0. The number of carbonyl (C=O) groups is 1. The summed E-state index contributed by atoms with van der Waals surface area (Å²) in [5.74, 6) is 2.77. The van der Waals surface area contributed by atoms with Crippen LogP contribution in [0.4, 0.5) is 0 Å². The lowest BCUT2D eigenvalue weighted by Crippen LogP contribution is -2.42. The van der Waals surface area contributed by atoms with Gasteiger partial charge in [-0.15, -0.1) is 11.6 Å². The molecule has 2 aliphatic carbocycles. The van der Waals surface area contributed by atoms with E-state index in [0.29, 0.717) is 5.88 Å². The third-order valence-corrected chi connectivity index (χ3v) is 5.31. The number of amides is 1. The second-order valence-corrected chi connectivity index (χ2v) is 6.39. The van der Waals surface area contributed by atoms with E-state index in [1.54, 1.807) is 0 Å². The first-order chi connectivity index (χ1) is 8.74. The van der Waals surface area contributed by atoms with Crippen LogP contribution in [0.5, 0.6) is 0 Å². The third kappa shape index (κ3) is 3.40. The number of hydrogen-bond donors (Lipinski definition) is 1. The van der Waals surface area contributed by atoms with Crippen molar-refractivity contribution in [2.24, 2.45) is 17.8 Å². The van der Waals surface area contributed by atoms with Crippen LogP contribution < -0.4 is 5.32 Å². The van der Waals surface area contributed by atoms with Gasteiger partial charge in [-0.2, -0.15) is 0 Å². The first-order valence-electron chi connectivity index (χ1n) is 7.61. The fourth-order valence-corrected chi connectivity index (χ4v) is 3.98. The van der Waals surface area contributed by atoms with E-state index < -0.39 is 0 Å². The first kappa shape index (κ1) is 14.2. The summed E-state index contributed by atoms with van der Waals surface area (Å²) in [4.78, 5) is 12.2. The summed E-state index contributed by atoms with van der Waals surface area (Å²) in [6, 6.07) is 0.156. The zero-order valence-corrected chi connectivity index (χ0v) is 12.2. The summed E-state index contributed by atoms with van der Waals surface area (Å²) in [6.45, 7) is 2.07. The number of rotatable bonds is 4. The summed E-state index contributed by atoms with van der Waals surface area (Å²) >= 11 is 5.85. The average Bonchev–Trinajstić information content (AvgIpc) is 2.44. The van der Waals surface area contributed by atoms with Crippen molar-refractivity contribution in [2.45, 2.75) is 64.3 Å². The molecule has 0 aliphatic heterocycles. The molecule has 2 saturated carbocycles. The summed E-state index contributed by atoms with van der Waals surface area (Å²) in [6.07, 6.45) is 9.92. The van der Waals surface area contributed by atoms with Crippen LogP contribution in [-0.4, -0.2) is 17.8 Å². The molecule has 1 amide bonds. The predicted molar refractivity (Wildman–Crippen MR) is 75.7 cm³/mol. The molecule has 4 atom stereocenters. The fourth-order valence-electron chi connectivity index (χ4n) is 3.68. The standard InChI is InChI=1S/C15H26ClNO/c1-2-14(10-16)17-15(18)13-8-7-11-5-3-4-6-12(11)9-13/h11-14H,2-10H2,1H3,(H,17,18). The highest BCUT2D eigenvalue weighted by molar-refractivity contribution is 6.18. The quantitative estimate of drug-likeness (QED) is 0.776. The van der Waals surface area contributed by atoms with Crippen LogP contribution >= 0.6 is 11.6 Å². The smallest absolute Gasteiger partial charge is 0.223 e. The van der Waals surface area contributed by atoms with Gasteiger partial charge in [-0.05, 0) is 37.5 Å². The molecule has 0 aromatic rings. The van der Waals surface area contributed by atoms with Gasteiger partial charge >= 0.3 is 0 Å². The molecule has 1 N–H and O–H groups in total. The summed E-state index contributed by atoms with van der Waals surface area (Å²) < 4.78 is 0. The monoisotopic (exact) mass is 271 g/mol. The minimum atomic E-state index is 0.156. The van der Waals surface area contributed by atoms with E-state index in [-0.39, 0.29) is 17.9 Å². The van der Waals surface area contributed by atoms with Crippen molar-refractivity contribution in [3.63, 3.8) is 0 Å². The van der Waals surface area contributed by atoms with E-state index in [0.717, 1.165) is 31.1 Å². The van der Waals surface area contributed by atoms with Gasteiger partial charge in [0.15, 0.2) is 0 Å².